The molecule has 0 N–H and O–H groups in total. The summed E-state index contributed by atoms with van der Waals surface area (Å²) in [7, 11) is 0. The second-order valence-electron chi connectivity index (χ2n) is 4.44. The lowest BCUT2D eigenvalue weighted by Crippen LogP contribution is -2.47. The fraction of sp³-hybridized carbons (Fsp3) is 1.00. The van der Waals surface area contributed by atoms with Gasteiger partial charge in [0.15, 0.2) is 0 Å². The van der Waals surface area contributed by atoms with Crippen LogP contribution < -0.4 is 0 Å². The van der Waals surface area contributed by atoms with Crippen LogP contribution in [0.4, 0.5) is 13.2 Å². The molecule has 1 aliphatic carbocycles. The summed E-state index contributed by atoms with van der Waals surface area (Å²) >= 11 is 0. The first-order valence-electron chi connectivity index (χ1n) is 5.38. The molecule has 0 aromatic carbocycles. The summed E-state index contributed by atoms with van der Waals surface area (Å²) in [6.45, 7) is 2.20. The fourth-order valence-electron chi connectivity index (χ4n) is 2.47. The highest BCUT2D eigenvalue weighted by molar-refractivity contribution is 4.85. The number of hydrogen-bond acceptors (Lipinski definition) is 1. The molecule has 4 heteroatoms. The van der Waals surface area contributed by atoms with E-state index in [9.17, 15) is 13.2 Å². The van der Waals surface area contributed by atoms with Gasteiger partial charge in [-0.25, -0.2) is 0 Å². The van der Waals surface area contributed by atoms with Crippen molar-refractivity contribution in [1.82, 2.24) is 4.90 Å². The van der Waals surface area contributed by atoms with E-state index in [0.29, 0.717) is 18.9 Å². The van der Waals surface area contributed by atoms with E-state index < -0.39 is 12.1 Å². The van der Waals surface area contributed by atoms with Gasteiger partial charge in [0.25, 0.3) is 0 Å². The van der Waals surface area contributed by atoms with Gasteiger partial charge in [0.05, 0.1) is 5.92 Å². The first kappa shape index (κ1) is 10.3. The number of halogens is 3. The molecule has 0 aromatic rings. The molecule has 1 heterocycles. The molecule has 2 rings (SSSR count). The zero-order valence-electron chi connectivity index (χ0n) is 8.19. The second-order valence-corrected chi connectivity index (χ2v) is 4.44. The Hall–Kier alpha value is -0.250. The Morgan fingerprint density at radius 2 is 1.50 bits per heavy atom. The Kier molecular flexibility index (Phi) is 2.73. The van der Waals surface area contributed by atoms with Crippen LogP contribution in [0, 0.1) is 5.92 Å². The van der Waals surface area contributed by atoms with E-state index in [1.54, 1.807) is 0 Å². The summed E-state index contributed by atoms with van der Waals surface area (Å²) in [5, 5.41) is 0. The standard InChI is InChI=1S/C10H16F3N/c11-10(12,13)8-2-4-9(5-3-8)14-6-1-7-14/h8-9H,1-7H2. The molecule has 1 aliphatic heterocycles. The molecule has 0 unspecified atom stereocenters. The predicted molar refractivity (Wildman–Crippen MR) is 48.0 cm³/mol. The summed E-state index contributed by atoms with van der Waals surface area (Å²) < 4.78 is 37.1. The fourth-order valence-corrected chi connectivity index (χ4v) is 2.47. The van der Waals surface area contributed by atoms with Crippen molar-refractivity contribution in [2.24, 2.45) is 5.92 Å². The van der Waals surface area contributed by atoms with Crippen molar-refractivity contribution >= 4 is 0 Å². The summed E-state index contributed by atoms with van der Waals surface area (Å²) in [6.07, 6.45) is -0.581. The van der Waals surface area contributed by atoms with Crippen LogP contribution in [0.1, 0.15) is 32.1 Å². The molecule has 1 saturated carbocycles. The maximum Gasteiger partial charge on any atom is 0.391 e. The van der Waals surface area contributed by atoms with E-state index in [1.807, 2.05) is 0 Å². The molecule has 0 atom stereocenters. The zero-order valence-corrected chi connectivity index (χ0v) is 8.19. The van der Waals surface area contributed by atoms with Crippen LogP contribution in [-0.2, 0) is 0 Å². The van der Waals surface area contributed by atoms with Crippen LogP contribution in [0.5, 0.6) is 0 Å². The van der Waals surface area contributed by atoms with E-state index >= 15 is 0 Å². The molecule has 0 spiro atoms. The number of hydrogen-bond donors (Lipinski definition) is 0. The van der Waals surface area contributed by atoms with Crippen molar-refractivity contribution < 1.29 is 13.2 Å². The molecular formula is C10H16F3N. The van der Waals surface area contributed by atoms with Crippen LogP contribution in [0.3, 0.4) is 0 Å². The Bertz CT molecular complexity index is 190. The lowest BCUT2D eigenvalue weighted by Gasteiger charge is -2.42. The molecule has 0 amide bonds. The molecule has 2 aliphatic rings. The van der Waals surface area contributed by atoms with Gasteiger partial charge in [0.1, 0.15) is 0 Å². The highest BCUT2D eigenvalue weighted by Gasteiger charge is 2.42. The Labute approximate surface area is 82.3 Å². The van der Waals surface area contributed by atoms with Gasteiger partial charge in [-0.15, -0.1) is 0 Å². The molecule has 1 nitrogen and oxygen atoms in total. The smallest absolute Gasteiger partial charge is 0.300 e. The largest absolute Gasteiger partial charge is 0.391 e. The van der Waals surface area contributed by atoms with Gasteiger partial charge in [-0.05, 0) is 45.2 Å². The topological polar surface area (TPSA) is 3.24 Å². The Morgan fingerprint density at radius 3 is 1.86 bits per heavy atom. The molecule has 0 bridgehead atoms. The lowest BCUT2D eigenvalue weighted by molar-refractivity contribution is -0.185. The van der Waals surface area contributed by atoms with E-state index in [0.717, 1.165) is 25.9 Å². The quantitative estimate of drug-likeness (QED) is 0.639. The van der Waals surface area contributed by atoms with Crippen LogP contribution in [0.25, 0.3) is 0 Å². The maximum atomic E-state index is 12.4. The SMILES string of the molecule is FC(F)(F)C1CCC(N2CCC2)CC1. The van der Waals surface area contributed by atoms with Crippen LogP contribution in [0.2, 0.25) is 0 Å². The average molecular weight is 207 g/mol. The van der Waals surface area contributed by atoms with Gasteiger partial charge in [-0.3, -0.25) is 0 Å². The van der Waals surface area contributed by atoms with E-state index in [1.165, 1.54) is 6.42 Å². The van der Waals surface area contributed by atoms with Crippen molar-refractivity contribution in [3.8, 4) is 0 Å². The van der Waals surface area contributed by atoms with Gasteiger partial charge in [0.2, 0.25) is 0 Å². The van der Waals surface area contributed by atoms with E-state index in [2.05, 4.69) is 4.90 Å². The summed E-state index contributed by atoms with van der Waals surface area (Å²) in [5.41, 5.74) is 0. The third kappa shape index (κ3) is 2.05. The summed E-state index contributed by atoms with van der Waals surface area (Å²) in [6, 6.07) is 0.447. The first-order chi connectivity index (χ1) is 6.57. The van der Waals surface area contributed by atoms with E-state index in [-0.39, 0.29) is 0 Å². The van der Waals surface area contributed by atoms with Gasteiger partial charge in [0, 0.05) is 6.04 Å². The van der Waals surface area contributed by atoms with Gasteiger partial charge >= 0.3 is 6.18 Å². The molecular weight excluding hydrogens is 191 g/mol. The highest BCUT2D eigenvalue weighted by Crippen LogP contribution is 2.39. The number of rotatable bonds is 1. The third-order valence-corrected chi connectivity index (χ3v) is 3.57. The first-order valence-corrected chi connectivity index (χ1v) is 5.38. The number of nitrogens with zero attached hydrogens (tertiary/aromatic N) is 1. The number of likely N-dealkylation sites (tertiary alicyclic amines) is 1. The molecule has 0 aromatic heterocycles. The Balaban J connectivity index is 1.80. The highest BCUT2D eigenvalue weighted by atomic mass is 19.4. The molecule has 1 saturated heterocycles. The summed E-state index contributed by atoms with van der Waals surface area (Å²) in [5.74, 6) is -1.03. The van der Waals surface area contributed by atoms with E-state index in [4.69, 9.17) is 0 Å². The molecule has 2 fully saturated rings. The minimum absolute atomic E-state index is 0.338. The average Bonchev–Trinajstić information content (AvgIpc) is 2.00. The van der Waals surface area contributed by atoms with Crippen molar-refractivity contribution in [3.63, 3.8) is 0 Å². The van der Waals surface area contributed by atoms with Crippen molar-refractivity contribution in [1.29, 1.82) is 0 Å². The molecule has 82 valence electrons. The summed E-state index contributed by atoms with van der Waals surface area (Å²) in [4.78, 5) is 2.33. The van der Waals surface area contributed by atoms with Crippen LogP contribution in [-0.4, -0.2) is 30.2 Å². The van der Waals surface area contributed by atoms with Crippen molar-refractivity contribution in [2.75, 3.05) is 13.1 Å². The third-order valence-electron chi connectivity index (χ3n) is 3.57. The maximum absolute atomic E-state index is 12.4. The lowest BCUT2D eigenvalue weighted by atomic mass is 9.84. The van der Waals surface area contributed by atoms with Crippen LogP contribution in [0.15, 0.2) is 0 Å². The van der Waals surface area contributed by atoms with Crippen molar-refractivity contribution in [3.05, 3.63) is 0 Å². The Morgan fingerprint density at radius 1 is 0.929 bits per heavy atom. The second kappa shape index (κ2) is 3.72. The molecule has 0 radical (unpaired) electrons. The minimum atomic E-state index is -3.96. The number of alkyl halides is 3. The van der Waals surface area contributed by atoms with Gasteiger partial charge in [-0.1, -0.05) is 0 Å². The predicted octanol–water partition coefficient (Wildman–Crippen LogP) is 2.81. The monoisotopic (exact) mass is 207 g/mol. The molecule has 14 heavy (non-hydrogen) atoms. The van der Waals surface area contributed by atoms with Crippen molar-refractivity contribution in [2.45, 2.75) is 44.3 Å². The zero-order chi connectivity index (χ0) is 10.2. The van der Waals surface area contributed by atoms with Gasteiger partial charge < -0.3 is 4.90 Å². The van der Waals surface area contributed by atoms with Crippen LogP contribution >= 0.6 is 0 Å². The normalized spacial score (nSPS) is 35.4. The van der Waals surface area contributed by atoms with Gasteiger partial charge in [-0.2, -0.15) is 13.2 Å². The minimum Gasteiger partial charge on any atom is -0.300 e.